The Balaban J connectivity index is 1.74. The number of hydrogen-bond donors (Lipinski definition) is 3. The molecule has 1 fully saturated rings. The Hall–Kier alpha value is -1.03. The fraction of sp³-hybridized carbons (Fsp3) is 0.316. The molecule has 3 N–H and O–H groups in total. The molecule has 0 unspecified atom stereocenters. The number of aliphatic hydroxyl groups is 3. The van der Waals surface area contributed by atoms with Crippen molar-refractivity contribution in [3.63, 3.8) is 0 Å². The number of benzene rings is 2. The Morgan fingerprint density at radius 1 is 1.03 bits per heavy atom. The molecule has 6 nitrogen and oxygen atoms in total. The number of thioether (sulfide) groups is 1. The third kappa shape index (κ3) is 4.11. The van der Waals surface area contributed by atoms with Crippen LogP contribution >= 0.6 is 46.6 Å². The molecule has 154 valence electrons. The number of fused-ring (bicyclic) bond motifs is 1. The maximum atomic E-state index is 10.5. The number of aromatic nitrogens is 2. The van der Waals surface area contributed by atoms with Crippen LogP contribution in [0.1, 0.15) is 11.8 Å². The molecule has 0 aliphatic carbocycles. The zero-order valence-corrected chi connectivity index (χ0v) is 18.0. The van der Waals surface area contributed by atoms with E-state index in [1.54, 1.807) is 16.7 Å². The Kier molecular flexibility index (Phi) is 6.30. The lowest BCUT2D eigenvalue weighted by Crippen LogP contribution is -2.33. The smallest absolute Gasteiger partial charge is 0.171 e. The molecule has 0 amide bonds. The van der Waals surface area contributed by atoms with Gasteiger partial charge in [0, 0.05) is 10.8 Å². The highest BCUT2D eigenvalue weighted by Crippen LogP contribution is 2.39. The maximum Gasteiger partial charge on any atom is 0.171 e. The highest BCUT2D eigenvalue weighted by Gasteiger charge is 2.44. The molecule has 2 aromatic carbocycles. The summed E-state index contributed by atoms with van der Waals surface area (Å²) in [7, 11) is 0. The van der Waals surface area contributed by atoms with Crippen molar-refractivity contribution < 1.29 is 20.1 Å². The fourth-order valence-corrected chi connectivity index (χ4v) is 4.67. The highest BCUT2D eigenvalue weighted by molar-refractivity contribution is 7.98. The monoisotopic (exact) mass is 474 g/mol. The number of rotatable bonds is 5. The first-order valence-electron chi connectivity index (χ1n) is 8.75. The van der Waals surface area contributed by atoms with Crippen molar-refractivity contribution in [2.24, 2.45) is 0 Å². The van der Waals surface area contributed by atoms with E-state index < -0.39 is 31.1 Å². The van der Waals surface area contributed by atoms with Gasteiger partial charge >= 0.3 is 0 Å². The van der Waals surface area contributed by atoms with E-state index in [-0.39, 0.29) is 0 Å². The van der Waals surface area contributed by atoms with E-state index in [0.717, 1.165) is 5.56 Å². The van der Waals surface area contributed by atoms with Crippen LogP contribution in [0.2, 0.25) is 15.1 Å². The minimum Gasteiger partial charge on any atom is -0.394 e. The van der Waals surface area contributed by atoms with Crippen LogP contribution in [-0.4, -0.2) is 49.8 Å². The van der Waals surface area contributed by atoms with E-state index in [1.165, 1.54) is 11.8 Å². The lowest BCUT2D eigenvalue weighted by molar-refractivity contribution is -0.0546. The molecule has 1 aliphatic rings. The number of ether oxygens (including phenoxy) is 1. The number of imidazole rings is 1. The second-order valence-corrected chi connectivity index (χ2v) is 8.86. The van der Waals surface area contributed by atoms with Gasteiger partial charge in [-0.25, -0.2) is 4.98 Å². The van der Waals surface area contributed by atoms with E-state index in [1.807, 2.05) is 24.3 Å². The molecule has 1 aromatic heterocycles. The Labute approximate surface area is 186 Å². The van der Waals surface area contributed by atoms with Crippen molar-refractivity contribution in [2.75, 3.05) is 6.61 Å². The van der Waals surface area contributed by atoms with Gasteiger partial charge in [-0.15, -0.1) is 0 Å². The Bertz CT molecular complexity index is 1030. The largest absolute Gasteiger partial charge is 0.394 e. The van der Waals surface area contributed by atoms with Gasteiger partial charge in [-0.3, -0.25) is 4.57 Å². The van der Waals surface area contributed by atoms with Gasteiger partial charge in [0.05, 0.1) is 27.7 Å². The Morgan fingerprint density at radius 2 is 1.72 bits per heavy atom. The summed E-state index contributed by atoms with van der Waals surface area (Å²) >= 11 is 19.7. The van der Waals surface area contributed by atoms with E-state index >= 15 is 0 Å². The lowest BCUT2D eigenvalue weighted by atomic mass is 10.1. The predicted molar refractivity (Wildman–Crippen MR) is 114 cm³/mol. The summed E-state index contributed by atoms with van der Waals surface area (Å²) in [5.74, 6) is 0.594. The van der Waals surface area contributed by atoms with Crippen LogP contribution in [0.5, 0.6) is 0 Å². The topological polar surface area (TPSA) is 87.7 Å². The van der Waals surface area contributed by atoms with Crippen molar-refractivity contribution in [3.05, 3.63) is 57.0 Å². The molecular formula is C19H17Cl3N2O4S. The minimum atomic E-state index is -1.24. The quantitative estimate of drug-likeness (QED) is 0.485. The van der Waals surface area contributed by atoms with Gasteiger partial charge in [0.15, 0.2) is 11.4 Å². The van der Waals surface area contributed by atoms with E-state index in [9.17, 15) is 15.3 Å². The van der Waals surface area contributed by atoms with Crippen molar-refractivity contribution in [1.82, 2.24) is 9.55 Å². The Morgan fingerprint density at radius 3 is 2.38 bits per heavy atom. The van der Waals surface area contributed by atoms with Crippen LogP contribution in [0.3, 0.4) is 0 Å². The molecule has 0 spiro atoms. The van der Waals surface area contributed by atoms with E-state index in [0.29, 0.717) is 37.0 Å². The van der Waals surface area contributed by atoms with Gasteiger partial charge in [-0.1, -0.05) is 58.7 Å². The highest BCUT2D eigenvalue weighted by atomic mass is 35.5. The zero-order valence-electron chi connectivity index (χ0n) is 14.9. The normalized spacial score (nSPS) is 24.5. The van der Waals surface area contributed by atoms with Gasteiger partial charge in [0.1, 0.15) is 18.3 Å². The molecular weight excluding hydrogens is 459 g/mol. The first kappa shape index (κ1) is 21.2. The van der Waals surface area contributed by atoms with Crippen LogP contribution in [0.15, 0.2) is 41.6 Å². The molecule has 0 bridgehead atoms. The number of nitrogens with zero attached hydrogens (tertiary/aromatic N) is 2. The SMILES string of the molecule is OC[C@H]1O[C@@H](n2c(SCc3ccc(Cl)cc3)nc3cc(Cl)c(Cl)cc32)[C@H](O)[C@@H]1O. The van der Waals surface area contributed by atoms with Crippen LogP contribution in [-0.2, 0) is 10.5 Å². The number of aliphatic hydroxyl groups excluding tert-OH is 3. The van der Waals surface area contributed by atoms with Crippen molar-refractivity contribution in [1.29, 1.82) is 0 Å². The van der Waals surface area contributed by atoms with Crippen LogP contribution in [0.4, 0.5) is 0 Å². The van der Waals surface area contributed by atoms with Crippen LogP contribution in [0.25, 0.3) is 11.0 Å². The van der Waals surface area contributed by atoms with Gasteiger partial charge in [-0.05, 0) is 29.8 Å². The molecule has 29 heavy (non-hydrogen) atoms. The summed E-state index contributed by atoms with van der Waals surface area (Å²) in [6.45, 7) is -0.415. The average Bonchev–Trinajstić information content (AvgIpc) is 3.18. The van der Waals surface area contributed by atoms with Gasteiger partial charge in [0.2, 0.25) is 0 Å². The zero-order chi connectivity index (χ0) is 20.7. The molecule has 4 atom stereocenters. The maximum absolute atomic E-state index is 10.5. The summed E-state index contributed by atoms with van der Waals surface area (Å²) in [6, 6.07) is 10.7. The average molecular weight is 476 g/mol. The first-order chi connectivity index (χ1) is 13.9. The standard InChI is InChI=1S/C19H17Cl3N2O4S/c20-10-3-1-9(2-4-10)8-29-19-23-13-5-11(21)12(22)6-14(13)24(19)18-17(27)16(26)15(7-25)28-18/h1-6,15-18,25-27H,7-8H2/t15-,16-,17-,18-/m1/s1. The summed E-state index contributed by atoms with van der Waals surface area (Å²) < 4.78 is 7.41. The molecule has 1 saturated heterocycles. The second-order valence-electron chi connectivity index (χ2n) is 6.66. The summed E-state index contributed by atoms with van der Waals surface area (Å²) in [4.78, 5) is 4.62. The fourth-order valence-electron chi connectivity index (χ4n) is 3.24. The number of halogens is 3. The van der Waals surface area contributed by atoms with Crippen molar-refractivity contribution in [3.8, 4) is 0 Å². The molecule has 10 heteroatoms. The van der Waals surface area contributed by atoms with Gasteiger partial charge in [0.25, 0.3) is 0 Å². The molecule has 2 heterocycles. The molecule has 3 aromatic rings. The van der Waals surface area contributed by atoms with Crippen LogP contribution in [0, 0.1) is 0 Å². The molecule has 0 radical (unpaired) electrons. The van der Waals surface area contributed by atoms with E-state index in [4.69, 9.17) is 39.5 Å². The third-order valence-corrected chi connectivity index (χ3v) is 6.75. The second kappa shape index (κ2) is 8.61. The predicted octanol–water partition coefficient (Wildman–Crippen LogP) is 3.90. The number of hydrogen-bond acceptors (Lipinski definition) is 6. The lowest BCUT2D eigenvalue weighted by Gasteiger charge is -2.20. The van der Waals surface area contributed by atoms with Gasteiger partial charge in [-0.2, -0.15) is 0 Å². The van der Waals surface area contributed by atoms with Crippen molar-refractivity contribution in [2.45, 2.75) is 35.4 Å². The molecule has 0 saturated carbocycles. The van der Waals surface area contributed by atoms with Gasteiger partial charge < -0.3 is 20.1 Å². The minimum absolute atomic E-state index is 0.335. The molecule has 4 rings (SSSR count). The van der Waals surface area contributed by atoms with Crippen LogP contribution < -0.4 is 0 Å². The van der Waals surface area contributed by atoms with Crippen molar-refractivity contribution >= 4 is 57.6 Å². The first-order valence-corrected chi connectivity index (χ1v) is 10.9. The third-order valence-electron chi connectivity index (χ3n) is 4.75. The molecule has 1 aliphatic heterocycles. The summed E-state index contributed by atoms with van der Waals surface area (Å²) in [6.07, 6.45) is -4.30. The summed E-state index contributed by atoms with van der Waals surface area (Å²) in [5, 5.41) is 32.1. The summed E-state index contributed by atoms with van der Waals surface area (Å²) in [5.41, 5.74) is 2.22. The van der Waals surface area contributed by atoms with E-state index in [2.05, 4.69) is 4.98 Å².